The number of hydrogen-bond acceptors (Lipinski definition) is 9. The highest BCUT2D eigenvalue weighted by Gasteiger charge is 2.35. The number of hydrogen-bond donors (Lipinski definition) is 3. The van der Waals surface area contributed by atoms with Crippen molar-refractivity contribution in [2.45, 2.75) is 105 Å². The fourth-order valence-electron chi connectivity index (χ4n) is 5.45. The van der Waals surface area contributed by atoms with Crippen LogP contribution in [0.15, 0.2) is 36.4 Å². The number of esters is 1. The number of ether oxygens (including phenoxy) is 2. The van der Waals surface area contributed by atoms with E-state index in [0.717, 1.165) is 16.5 Å². The molecule has 50 heavy (non-hydrogen) atoms. The zero-order valence-corrected chi connectivity index (χ0v) is 31.2. The molecule has 1 aromatic heterocycles. The number of likely N-dealkylation sites (N-methyl/N-ethyl adjacent to an activating group) is 1. The molecule has 1 aliphatic rings. The molecule has 1 fully saturated rings. The lowest BCUT2D eigenvalue weighted by atomic mass is 9.92. The van der Waals surface area contributed by atoms with Crippen LogP contribution in [0.4, 0.5) is 4.79 Å². The number of benzene rings is 1. The van der Waals surface area contributed by atoms with Gasteiger partial charge in [-0.25, -0.2) is 10.2 Å². The Morgan fingerprint density at radius 1 is 1.02 bits per heavy atom. The summed E-state index contributed by atoms with van der Waals surface area (Å²) in [6, 6.07) is 6.82. The van der Waals surface area contributed by atoms with Gasteiger partial charge in [-0.05, 0) is 84.9 Å². The smallest absolute Gasteiger partial charge is 0.408 e. The number of methoxy groups -OCH3 is 1. The van der Waals surface area contributed by atoms with Crippen LogP contribution >= 0.6 is 0 Å². The summed E-state index contributed by atoms with van der Waals surface area (Å²) in [5.74, 6) is -1.71. The number of carbonyl (C=O) groups is 5. The van der Waals surface area contributed by atoms with Crippen LogP contribution in [-0.2, 0) is 28.7 Å². The molecule has 3 N–H and O–H groups in total. The van der Waals surface area contributed by atoms with Gasteiger partial charge in [0.1, 0.15) is 23.7 Å². The van der Waals surface area contributed by atoms with E-state index < -0.39 is 47.0 Å². The van der Waals surface area contributed by atoms with Crippen molar-refractivity contribution in [1.82, 2.24) is 31.0 Å². The molecule has 4 amide bonds. The minimum atomic E-state index is -0.921. The molecule has 1 saturated heterocycles. The minimum absolute atomic E-state index is 0.197. The number of rotatable bonds is 11. The SMILES string of the molecule is COC(=O)C(C)(C)/C=C/c1ccc2ccc([C@@H](C)N(C)C(=O)[C@@H]3CCCN(C(=O)[C@H](C)NC(=O)[C@@H](NC(=O)OC(C)(C)C)C(C)C)N3)nc2c1. The fourth-order valence-corrected chi connectivity index (χ4v) is 5.45. The largest absolute Gasteiger partial charge is 0.468 e. The molecule has 1 aromatic carbocycles. The van der Waals surface area contributed by atoms with E-state index in [1.54, 1.807) is 73.4 Å². The first-order valence-electron chi connectivity index (χ1n) is 17.1. The summed E-state index contributed by atoms with van der Waals surface area (Å²) in [6.07, 6.45) is 4.05. The average Bonchev–Trinajstić information content (AvgIpc) is 3.06. The first-order valence-corrected chi connectivity index (χ1v) is 17.1. The number of amides is 4. The Morgan fingerprint density at radius 2 is 1.68 bits per heavy atom. The van der Waals surface area contributed by atoms with Gasteiger partial charge in [0, 0.05) is 19.0 Å². The van der Waals surface area contributed by atoms with E-state index in [9.17, 15) is 24.0 Å². The van der Waals surface area contributed by atoms with E-state index in [0.29, 0.717) is 25.1 Å². The predicted octanol–water partition coefficient (Wildman–Crippen LogP) is 4.52. The van der Waals surface area contributed by atoms with E-state index in [4.69, 9.17) is 14.5 Å². The number of carbonyl (C=O) groups excluding carboxylic acids is 5. The highest BCUT2D eigenvalue weighted by atomic mass is 16.6. The Balaban J connectivity index is 1.66. The molecule has 274 valence electrons. The zero-order chi connectivity index (χ0) is 37.6. The summed E-state index contributed by atoms with van der Waals surface area (Å²) in [7, 11) is 3.08. The van der Waals surface area contributed by atoms with Gasteiger partial charge in [0.05, 0.1) is 29.8 Å². The number of aromatic nitrogens is 1. The Kier molecular flexibility index (Phi) is 13.1. The molecular formula is C37H54N6O7. The van der Waals surface area contributed by atoms with Gasteiger partial charge < -0.3 is 25.0 Å². The molecule has 0 saturated carbocycles. The van der Waals surface area contributed by atoms with Crippen LogP contribution in [0.25, 0.3) is 17.0 Å². The molecule has 0 unspecified atom stereocenters. The van der Waals surface area contributed by atoms with E-state index in [1.165, 1.54) is 12.1 Å². The Hall–Kier alpha value is -4.52. The maximum atomic E-state index is 13.7. The highest BCUT2D eigenvalue weighted by molar-refractivity contribution is 5.91. The molecule has 2 aromatic rings. The molecule has 0 bridgehead atoms. The molecule has 13 heteroatoms. The van der Waals surface area contributed by atoms with Crippen LogP contribution in [0.2, 0.25) is 0 Å². The summed E-state index contributed by atoms with van der Waals surface area (Å²) in [5, 5.41) is 7.62. The number of alkyl carbamates (subject to hydrolysis) is 1. The van der Waals surface area contributed by atoms with Gasteiger partial charge >= 0.3 is 12.1 Å². The van der Waals surface area contributed by atoms with Crippen LogP contribution in [-0.4, -0.2) is 89.1 Å². The minimum Gasteiger partial charge on any atom is -0.468 e. The van der Waals surface area contributed by atoms with E-state index >= 15 is 0 Å². The number of pyridine rings is 1. The van der Waals surface area contributed by atoms with Crippen molar-refractivity contribution in [2.75, 3.05) is 20.7 Å². The van der Waals surface area contributed by atoms with Gasteiger partial charge in [-0.2, -0.15) is 0 Å². The maximum absolute atomic E-state index is 13.7. The highest BCUT2D eigenvalue weighted by Crippen LogP contribution is 2.25. The third kappa shape index (κ3) is 10.5. The average molecular weight is 695 g/mol. The summed E-state index contributed by atoms with van der Waals surface area (Å²) in [6.45, 7) is 16.2. The van der Waals surface area contributed by atoms with Crippen molar-refractivity contribution < 1.29 is 33.4 Å². The lowest BCUT2D eigenvalue weighted by molar-refractivity contribution is -0.148. The second-order valence-electron chi connectivity index (χ2n) is 14.8. The Labute approximate surface area is 295 Å². The van der Waals surface area contributed by atoms with Gasteiger partial charge in [-0.15, -0.1) is 0 Å². The second kappa shape index (κ2) is 16.5. The second-order valence-corrected chi connectivity index (χ2v) is 14.8. The summed E-state index contributed by atoms with van der Waals surface area (Å²) in [4.78, 5) is 71.1. The molecule has 2 heterocycles. The van der Waals surface area contributed by atoms with Gasteiger partial charge in [0.2, 0.25) is 11.8 Å². The van der Waals surface area contributed by atoms with Gasteiger partial charge in [-0.3, -0.25) is 29.2 Å². The summed E-state index contributed by atoms with van der Waals surface area (Å²) >= 11 is 0. The van der Waals surface area contributed by atoms with Crippen molar-refractivity contribution in [1.29, 1.82) is 0 Å². The first kappa shape index (κ1) is 39.9. The molecular weight excluding hydrogens is 640 g/mol. The Morgan fingerprint density at radius 3 is 2.30 bits per heavy atom. The van der Waals surface area contributed by atoms with Crippen molar-refractivity contribution in [2.24, 2.45) is 11.3 Å². The van der Waals surface area contributed by atoms with E-state index in [-0.39, 0.29) is 23.8 Å². The van der Waals surface area contributed by atoms with Crippen molar-refractivity contribution in [3.8, 4) is 0 Å². The molecule has 3 rings (SSSR count). The molecule has 0 aliphatic carbocycles. The van der Waals surface area contributed by atoms with E-state index in [2.05, 4.69) is 16.1 Å². The lowest BCUT2D eigenvalue weighted by Crippen LogP contribution is -2.62. The van der Waals surface area contributed by atoms with Crippen molar-refractivity contribution >= 4 is 46.8 Å². The number of nitrogens with one attached hydrogen (secondary N) is 3. The standard InChI is InChI=1S/C37H54N6O7/c1-22(2)30(40-35(48)50-36(5,6)7)31(44)38-23(3)32(45)43-20-12-13-28(41-43)33(46)42(10)24(4)27-17-16-26-15-14-25(21-29(26)39-27)18-19-37(8,9)34(47)49-11/h14-19,21-24,28,30,41H,12-13,20H2,1-11H3,(H,38,44)(H,40,48)/b19-18+/t23-,24+,28-,30-/m0/s1. The van der Waals surface area contributed by atoms with Crippen LogP contribution in [0.5, 0.6) is 0 Å². The number of nitrogens with zero attached hydrogens (tertiary/aromatic N) is 3. The first-order chi connectivity index (χ1) is 23.2. The third-order valence-corrected chi connectivity index (χ3v) is 8.60. The fraction of sp³-hybridized carbons (Fsp3) is 0.568. The normalized spacial score (nSPS) is 17.2. The monoisotopic (exact) mass is 694 g/mol. The van der Waals surface area contributed by atoms with Crippen LogP contribution < -0.4 is 16.1 Å². The predicted molar refractivity (Wildman–Crippen MR) is 191 cm³/mol. The summed E-state index contributed by atoms with van der Waals surface area (Å²) in [5.41, 5.74) is 3.87. The summed E-state index contributed by atoms with van der Waals surface area (Å²) < 4.78 is 10.2. The third-order valence-electron chi connectivity index (χ3n) is 8.60. The number of hydrazine groups is 1. The quantitative estimate of drug-likeness (QED) is 0.288. The maximum Gasteiger partial charge on any atom is 0.408 e. The molecule has 0 radical (unpaired) electrons. The molecule has 13 nitrogen and oxygen atoms in total. The van der Waals surface area contributed by atoms with Crippen LogP contribution in [0.1, 0.15) is 92.5 Å². The molecule has 1 aliphatic heterocycles. The Bertz CT molecular complexity index is 1600. The van der Waals surface area contributed by atoms with Gasteiger partial charge in [0.25, 0.3) is 5.91 Å². The van der Waals surface area contributed by atoms with E-state index in [1.807, 2.05) is 43.3 Å². The zero-order valence-electron chi connectivity index (χ0n) is 31.2. The van der Waals surface area contributed by atoms with Crippen LogP contribution in [0, 0.1) is 11.3 Å². The van der Waals surface area contributed by atoms with Crippen LogP contribution in [0.3, 0.4) is 0 Å². The molecule has 0 spiro atoms. The lowest BCUT2D eigenvalue weighted by Gasteiger charge is -2.37. The topological polar surface area (TPSA) is 159 Å². The van der Waals surface area contributed by atoms with Crippen molar-refractivity contribution in [3.05, 3.63) is 47.7 Å². The van der Waals surface area contributed by atoms with Gasteiger partial charge in [-0.1, -0.05) is 44.2 Å². The number of fused-ring (bicyclic) bond motifs is 1. The van der Waals surface area contributed by atoms with Crippen molar-refractivity contribution in [3.63, 3.8) is 0 Å². The molecule has 4 atom stereocenters. The van der Waals surface area contributed by atoms with Gasteiger partial charge in [0.15, 0.2) is 0 Å².